The molecule has 1 saturated carbocycles. The zero-order valence-corrected chi connectivity index (χ0v) is 12.1. The Bertz CT molecular complexity index is 418. The van der Waals surface area contributed by atoms with E-state index in [0.29, 0.717) is 5.92 Å². The summed E-state index contributed by atoms with van der Waals surface area (Å²) < 4.78 is 27.4. The molecular formula is C13H17Cl2F2NO. The molecule has 0 amide bonds. The number of hydrogen-bond acceptors (Lipinski definition) is 2. The summed E-state index contributed by atoms with van der Waals surface area (Å²) in [6.07, 6.45) is 1.76. The fourth-order valence-corrected chi connectivity index (χ4v) is 2.35. The summed E-state index contributed by atoms with van der Waals surface area (Å²) in [5.41, 5.74) is -0.306. The number of likely N-dealkylation sites (N-methyl/N-ethyl adjacent to an activating group) is 1. The largest absolute Gasteiger partial charge is 0.387 e. The van der Waals surface area contributed by atoms with Crippen LogP contribution >= 0.6 is 24.0 Å². The van der Waals surface area contributed by atoms with Crippen LogP contribution in [0.15, 0.2) is 12.1 Å². The molecule has 0 saturated heterocycles. The number of nitrogens with one attached hydrogen (secondary N) is 1. The summed E-state index contributed by atoms with van der Waals surface area (Å²) in [5.74, 6) is -1.05. The van der Waals surface area contributed by atoms with Gasteiger partial charge in [-0.05, 0) is 31.5 Å². The van der Waals surface area contributed by atoms with Gasteiger partial charge >= 0.3 is 0 Å². The van der Waals surface area contributed by atoms with Crippen LogP contribution in [-0.4, -0.2) is 18.2 Å². The Labute approximate surface area is 122 Å². The van der Waals surface area contributed by atoms with E-state index in [2.05, 4.69) is 5.32 Å². The van der Waals surface area contributed by atoms with Gasteiger partial charge in [0.2, 0.25) is 0 Å². The molecule has 1 fully saturated rings. The molecule has 0 spiro atoms. The zero-order chi connectivity index (χ0) is 13.3. The molecule has 0 radical (unpaired) electrons. The van der Waals surface area contributed by atoms with Gasteiger partial charge in [-0.2, -0.15) is 0 Å². The molecule has 1 aliphatic rings. The van der Waals surface area contributed by atoms with Crippen molar-refractivity contribution in [2.75, 3.05) is 7.05 Å². The Balaban J connectivity index is 0.00000180. The zero-order valence-electron chi connectivity index (χ0n) is 10.5. The second-order valence-electron chi connectivity index (χ2n) is 4.80. The molecule has 0 aromatic heterocycles. The van der Waals surface area contributed by atoms with Crippen LogP contribution in [0, 0.1) is 17.6 Å². The highest BCUT2D eigenvalue weighted by Crippen LogP contribution is 2.37. The van der Waals surface area contributed by atoms with E-state index in [-0.39, 0.29) is 29.0 Å². The van der Waals surface area contributed by atoms with E-state index in [0.717, 1.165) is 31.4 Å². The summed E-state index contributed by atoms with van der Waals surface area (Å²) in [6.45, 7) is 0. The lowest BCUT2D eigenvalue weighted by Gasteiger charge is -2.23. The van der Waals surface area contributed by atoms with Crippen molar-refractivity contribution < 1.29 is 13.9 Å². The van der Waals surface area contributed by atoms with E-state index in [1.807, 2.05) is 0 Å². The second-order valence-corrected chi connectivity index (χ2v) is 5.24. The summed E-state index contributed by atoms with van der Waals surface area (Å²) >= 11 is 5.56. The van der Waals surface area contributed by atoms with Crippen LogP contribution in [0.4, 0.5) is 8.78 Å². The SMILES string of the molecule is CN[C@@H](CC1CC1)C(O)c1c(F)cc(Cl)cc1F.Cl. The Morgan fingerprint density at radius 1 is 1.37 bits per heavy atom. The molecule has 0 bridgehead atoms. The molecule has 0 heterocycles. The van der Waals surface area contributed by atoms with Gasteiger partial charge in [-0.1, -0.05) is 24.4 Å². The quantitative estimate of drug-likeness (QED) is 0.873. The van der Waals surface area contributed by atoms with Crippen molar-refractivity contribution in [3.63, 3.8) is 0 Å². The molecule has 1 aromatic carbocycles. The van der Waals surface area contributed by atoms with Gasteiger partial charge in [0, 0.05) is 11.1 Å². The van der Waals surface area contributed by atoms with Crippen LogP contribution in [0.5, 0.6) is 0 Å². The molecule has 19 heavy (non-hydrogen) atoms. The average Bonchev–Trinajstić information content (AvgIpc) is 3.07. The predicted molar refractivity (Wildman–Crippen MR) is 73.8 cm³/mol. The number of halogens is 4. The molecule has 6 heteroatoms. The minimum atomic E-state index is -1.20. The molecule has 2 N–H and O–H groups in total. The maximum Gasteiger partial charge on any atom is 0.133 e. The topological polar surface area (TPSA) is 32.3 Å². The van der Waals surface area contributed by atoms with Crippen LogP contribution in [-0.2, 0) is 0 Å². The van der Waals surface area contributed by atoms with E-state index < -0.39 is 17.7 Å². The van der Waals surface area contributed by atoms with Gasteiger partial charge in [-0.3, -0.25) is 0 Å². The molecule has 2 atom stereocenters. The maximum atomic E-state index is 13.7. The van der Waals surface area contributed by atoms with E-state index in [9.17, 15) is 13.9 Å². The number of benzene rings is 1. The fraction of sp³-hybridized carbons (Fsp3) is 0.538. The van der Waals surface area contributed by atoms with Crippen LogP contribution in [0.2, 0.25) is 5.02 Å². The van der Waals surface area contributed by atoms with Crippen LogP contribution in [0.25, 0.3) is 0 Å². The van der Waals surface area contributed by atoms with Crippen LogP contribution < -0.4 is 5.32 Å². The number of rotatable bonds is 5. The average molecular weight is 312 g/mol. The second kappa shape index (κ2) is 6.84. The minimum absolute atomic E-state index is 0. The lowest BCUT2D eigenvalue weighted by Crippen LogP contribution is -2.33. The molecule has 2 rings (SSSR count). The third-order valence-corrected chi connectivity index (χ3v) is 3.59. The summed E-state index contributed by atoms with van der Waals surface area (Å²) in [5, 5.41) is 13.0. The number of aliphatic hydroxyl groups is 1. The van der Waals surface area contributed by atoms with Crippen molar-refractivity contribution in [1.82, 2.24) is 5.32 Å². The highest BCUT2D eigenvalue weighted by atomic mass is 35.5. The first-order chi connectivity index (χ1) is 8.52. The summed E-state index contributed by atoms with van der Waals surface area (Å²) in [4.78, 5) is 0. The Kier molecular flexibility index (Phi) is 5.99. The maximum absolute atomic E-state index is 13.7. The summed E-state index contributed by atoms with van der Waals surface area (Å²) in [7, 11) is 1.68. The van der Waals surface area contributed by atoms with E-state index in [1.165, 1.54) is 0 Å². The third kappa shape index (κ3) is 4.02. The van der Waals surface area contributed by atoms with Gasteiger partial charge in [0.25, 0.3) is 0 Å². The molecule has 2 nitrogen and oxygen atoms in total. The van der Waals surface area contributed by atoms with Crippen molar-refractivity contribution in [1.29, 1.82) is 0 Å². The molecule has 1 aliphatic carbocycles. The fourth-order valence-electron chi connectivity index (χ4n) is 2.15. The van der Waals surface area contributed by atoms with Crippen molar-refractivity contribution in [2.45, 2.75) is 31.4 Å². The van der Waals surface area contributed by atoms with Crippen molar-refractivity contribution in [3.05, 3.63) is 34.4 Å². The molecular weight excluding hydrogens is 295 g/mol. The van der Waals surface area contributed by atoms with Crippen molar-refractivity contribution in [2.24, 2.45) is 5.92 Å². The number of aliphatic hydroxyl groups excluding tert-OH is 1. The first-order valence-electron chi connectivity index (χ1n) is 6.02. The van der Waals surface area contributed by atoms with Crippen molar-refractivity contribution in [3.8, 4) is 0 Å². The van der Waals surface area contributed by atoms with Gasteiger partial charge in [0.1, 0.15) is 11.6 Å². The minimum Gasteiger partial charge on any atom is -0.387 e. The predicted octanol–water partition coefficient (Wildman–Crippen LogP) is 3.46. The Hall–Kier alpha value is -0.420. The smallest absolute Gasteiger partial charge is 0.133 e. The Morgan fingerprint density at radius 3 is 2.32 bits per heavy atom. The van der Waals surface area contributed by atoms with Gasteiger partial charge in [0.15, 0.2) is 0 Å². The van der Waals surface area contributed by atoms with Gasteiger partial charge in [-0.15, -0.1) is 12.4 Å². The lowest BCUT2D eigenvalue weighted by molar-refractivity contribution is 0.117. The standard InChI is InChI=1S/C13H16ClF2NO.ClH/c1-17-11(4-7-2-3-7)13(18)12-9(15)5-8(14)6-10(12)16;/h5-7,11,13,17-18H,2-4H2,1H3;1H/t11-,13?;/m0./s1. The highest BCUT2D eigenvalue weighted by Gasteiger charge is 2.31. The molecule has 1 aromatic rings. The van der Waals surface area contributed by atoms with Gasteiger partial charge < -0.3 is 10.4 Å². The van der Waals surface area contributed by atoms with Crippen LogP contribution in [0.1, 0.15) is 30.9 Å². The normalized spacial score (nSPS) is 17.7. The van der Waals surface area contributed by atoms with Gasteiger partial charge in [0.05, 0.1) is 11.7 Å². The van der Waals surface area contributed by atoms with E-state index in [1.54, 1.807) is 7.05 Å². The van der Waals surface area contributed by atoms with E-state index in [4.69, 9.17) is 11.6 Å². The van der Waals surface area contributed by atoms with E-state index >= 15 is 0 Å². The first kappa shape index (κ1) is 16.6. The monoisotopic (exact) mass is 311 g/mol. The third-order valence-electron chi connectivity index (χ3n) is 3.38. The molecule has 0 aliphatic heterocycles. The molecule has 108 valence electrons. The Morgan fingerprint density at radius 2 is 1.89 bits per heavy atom. The lowest BCUT2D eigenvalue weighted by atomic mass is 9.97. The first-order valence-corrected chi connectivity index (χ1v) is 6.40. The highest BCUT2D eigenvalue weighted by molar-refractivity contribution is 6.30. The van der Waals surface area contributed by atoms with Crippen molar-refractivity contribution >= 4 is 24.0 Å². The molecule has 1 unspecified atom stereocenters. The van der Waals surface area contributed by atoms with Crippen LogP contribution in [0.3, 0.4) is 0 Å². The number of hydrogen-bond donors (Lipinski definition) is 2. The van der Waals surface area contributed by atoms with Gasteiger partial charge in [-0.25, -0.2) is 8.78 Å². The summed E-state index contributed by atoms with van der Waals surface area (Å²) in [6, 6.07) is 1.70.